The molecule has 3 aromatic rings. The van der Waals surface area contributed by atoms with Gasteiger partial charge in [0.15, 0.2) is 0 Å². The van der Waals surface area contributed by atoms with Crippen LogP contribution in [0, 0.1) is 6.92 Å². The van der Waals surface area contributed by atoms with Crippen LogP contribution in [0.1, 0.15) is 15.9 Å². The Balaban J connectivity index is 1.70. The van der Waals surface area contributed by atoms with Crippen molar-refractivity contribution in [3.63, 3.8) is 0 Å². The fourth-order valence-corrected chi connectivity index (χ4v) is 2.50. The van der Waals surface area contributed by atoms with Gasteiger partial charge in [-0.2, -0.15) is 0 Å². The average molecular weight is 332 g/mol. The van der Waals surface area contributed by atoms with Gasteiger partial charge in [-0.05, 0) is 61.0 Å². The third kappa shape index (κ3) is 4.18. The summed E-state index contributed by atoms with van der Waals surface area (Å²) < 4.78 is 5.38. The summed E-state index contributed by atoms with van der Waals surface area (Å²) in [6, 6.07) is 22.7. The summed E-state index contributed by atoms with van der Waals surface area (Å²) in [4.78, 5) is 12.2. The number of ether oxygens (including phenoxy) is 1. The fourth-order valence-electron chi connectivity index (χ4n) is 2.50. The van der Waals surface area contributed by atoms with E-state index in [1.54, 1.807) is 19.2 Å². The van der Waals surface area contributed by atoms with Gasteiger partial charge in [-0.3, -0.25) is 4.79 Å². The molecule has 1 amide bonds. The van der Waals surface area contributed by atoms with Gasteiger partial charge < -0.3 is 15.4 Å². The highest BCUT2D eigenvalue weighted by Gasteiger charge is 2.06. The second-order valence-corrected chi connectivity index (χ2v) is 5.73. The maximum atomic E-state index is 12.2. The van der Waals surface area contributed by atoms with E-state index in [0.717, 1.165) is 28.4 Å². The number of amides is 1. The minimum Gasteiger partial charge on any atom is -0.495 e. The quantitative estimate of drug-likeness (QED) is 0.691. The molecule has 0 saturated heterocycles. The zero-order valence-electron chi connectivity index (χ0n) is 14.2. The molecule has 0 heterocycles. The Morgan fingerprint density at radius 3 is 2.24 bits per heavy atom. The maximum Gasteiger partial charge on any atom is 0.255 e. The molecule has 0 saturated carbocycles. The molecule has 0 fully saturated rings. The molecule has 0 bridgehead atoms. The summed E-state index contributed by atoms with van der Waals surface area (Å²) in [5.74, 6) is 0.661. The lowest BCUT2D eigenvalue weighted by Gasteiger charge is -2.13. The molecule has 4 heteroatoms. The second-order valence-electron chi connectivity index (χ2n) is 5.73. The van der Waals surface area contributed by atoms with Gasteiger partial charge >= 0.3 is 0 Å². The summed E-state index contributed by atoms with van der Waals surface area (Å²) in [6.07, 6.45) is 0. The maximum absolute atomic E-state index is 12.2. The monoisotopic (exact) mass is 332 g/mol. The van der Waals surface area contributed by atoms with Crippen molar-refractivity contribution in [3.8, 4) is 5.75 Å². The van der Waals surface area contributed by atoms with Gasteiger partial charge in [0.25, 0.3) is 5.91 Å². The van der Waals surface area contributed by atoms with Crippen molar-refractivity contribution in [3.05, 3.63) is 83.9 Å². The van der Waals surface area contributed by atoms with E-state index in [1.807, 2.05) is 67.6 Å². The SMILES string of the molecule is COc1ccc(C)cc1Nc1ccc(NC(=O)c2ccccc2)cc1. The van der Waals surface area contributed by atoms with Crippen molar-refractivity contribution in [2.45, 2.75) is 6.92 Å². The second kappa shape index (κ2) is 7.53. The minimum absolute atomic E-state index is 0.123. The number of hydrogen-bond acceptors (Lipinski definition) is 3. The van der Waals surface area contributed by atoms with E-state index < -0.39 is 0 Å². The van der Waals surface area contributed by atoms with Crippen LogP contribution in [0.3, 0.4) is 0 Å². The lowest BCUT2D eigenvalue weighted by Crippen LogP contribution is -2.11. The number of rotatable bonds is 5. The largest absolute Gasteiger partial charge is 0.495 e. The van der Waals surface area contributed by atoms with E-state index in [4.69, 9.17) is 4.74 Å². The van der Waals surface area contributed by atoms with Gasteiger partial charge in [0, 0.05) is 16.9 Å². The molecule has 3 aromatic carbocycles. The molecule has 126 valence electrons. The number of methoxy groups -OCH3 is 1. The first-order valence-corrected chi connectivity index (χ1v) is 8.04. The van der Waals surface area contributed by atoms with Gasteiger partial charge in [0.1, 0.15) is 5.75 Å². The van der Waals surface area contributed by atoms with E-state index in [2.05, 4.69) is 10.6 Å². The van der Waals surface area contributed by atoms with E-state index in [1.165, 1.54) is 0 Å². The van der Waals surface area contributed by atoms with Gasteiger partial charge in [-0.25, -0.2) is 0 Å². The molecule has 0 aliphatic rings. The molecule has 0 aliphatic carbocycles. The fraction of sp³-hybridized carbons (Fsp3) is 0.0952. The van der Waals surface area contributed by atoms with E-state index >= 15 is 0 Å². The molecular formula is C21H20N2O2. The van der Waals surface area contributed by atoms with Gasteiger partial charge in [-0.1, -0.05) is 24.3 Å². The van der Waals surface area contributed by atoms with Crippen molar-refractivity contribution in [1.29, 1.82) is 0 Å². The first-order chi connectivity index (χ1) is 12.2. The van der Waals surface area contributed by atoms with Crippen LogP contribution in [0.2, 0.25) is 0 Å². The van der Waals surface area contributed by atoms with Gasteiger partial charge in [0.05, 0.1) is 12.8 Å². The predicted molar refractivity (Wildman–Crippen MR) is 102 cm³/mol. The first-order valence-electron chi connectivity index (χ1n) is 8.04. The van der Waals surface area contributed by atoms with Crippen LogP contribution >= 0.6 is 0 Å². The molecule has 0 aromatic heterocycles. The van der Waals surface area contributed by atoms with Crippen LogP contribution in [0.5, 0.6) is 5.75 Å². The van der Waals surface area contributed by atoms with Crippen LogP contribution < -0.4 is 15.4 Å². The summed E-state index contributed by atoms with van der Waals surface area (Å²) in [5.41, 5.74) is 4.35. The zero-order valence-corrected chi connectivity index (χ0v) is 14.2. The van der Waals surface area contributed by atoms with Crippen molar-refractivity contribution in [1.82, 2.24) is 0 Å². The van der Waals surface area contributed by atoms with Gasteiger partial charge in [-0.15, -0.1) is 0 Å². The van der Waals surface area contributed by atoms with Crippen molar-refractivity contribution >= 4 is 23.0 Å². The molecular weight excluding hydrogens is 312 g/mol. The van der Waals surface area contributed by atoms with Crippen molar-refractivity contribution < 1.29 is 9.53 Å². The number of carbonyl (C=O) groups is 1. The molecule has 0 unspecified atom stereocenters. The minimum atomic E-state index is -0.123. The van der Waals surface area contributed by atoms with Crippen molar-refractivity contribution in [2.24, 2.45) is 0 Å². The summed E-state index contributed by atoms with van der Waals surface area (Å²) in [6.45, 7) is 2.03. The smallest absolute Gasteiger partial charge is 0.255 e. The van der Waals surface area contributed by atoms with E-state index in [9.17, 15) is 4.79 Å². The number of nitrogens with one attached hydrogen (secondary N) is 2. The highest BCUT2D eigenvalue weighted by molar-refractivity contribution is 6.04. The molecule has 4 nitrogen and oxygen atoms in total. The molecule has 0 aliphatic heterocycles. The van der Waals surface area contributed by atoms with Crippen molar-refractivity contribution in [2.75, 3.05) is 17.7 Å². The van der Waals surface area contributed by atoms with Crippen LogP contribution in [0.4, 0.5) is 17.1 Å². The molecule has 2 N–H and O–H groups in total. The predicted octanol–water partition coefficient (Wildman–Crippen LogP) is 5.00. The molecule has 3 rings (SSSR count). The van der Waals surface area contributed by atoms with Crippen LogP contribution in [-0.2, 0) is 0 Å². The third-order valence-electron chi connectivity index (χ3n) is 3.81. The highest BCUT2D eigenvalue weighted by Crippen LogP contribution is 2.29. The summed E-state index contributed by atoms with van der Waals surface area (Å²) in [7, 11) is 1.65. The Kier molecular flexibility index (Phi) is 5.00. The zero-order chi connectivity index (χ0) is 17.6. The number of anilines is 3. The number of benzene rings is 3. The third-order valence-corrected chi connectivity index (χ3v) is 3.81. The normalized spacial score (nSPS) is 10.2. The van der Waals surface area contributed by atoms with Crippen LogP contribution in [0.25, 0.3) is 0 Å². The Morgan fingerprint density at radius 2 is 1.56 bits per heavy atom. The lowest BCUT2D eigenvalue weighted by atomic mass is 10.2. The molecule has 0 radical (unpaired) electrons. The standard InChI is InChI=1S/C21H20N2O2/c1-15-8-13-20(25-2)19(14-15)22-17-9-11-18(12-10-17)23-21(24)16-6-4-3-5-7-16/h3-14,22H,1-2H3,(H,23,24). The topological polar surface area (TPSA) is 50.4 Å². The Hall–Kier alpha value is -3.27. The lowest BCUT2D eigenvalue weighted by molar-refractivity contribution is 0.102. The Bertz CT molecular complexity index is 859. The summed E-state index contributed by atoms with van der Waals surface area (Å²) in [5, 5.41) is 6.23. The molecule has 0 spiro atoms. The molecule has 0 atom stereocenters. The first kappa shape index (κ1) is 16.6. The van der Waals surface area contributed by atoms with Crippen LogP contribution in [-0.4, -0.2) is 13.0 Å². The Labute approximate surface area is 147 Å². The van der Waals surface area contributed by atoms with E-state index in [0.29, 0.717) is 5.56 Å². The number of aryl methyl sites for hydroxylation is 1. The average Bonchev–Trinajstić information content (AvgIpc) is 2.64. The van der Waals surface area contributed by atoms with E-state index in [-0.39, 0.29) is 5.91 Å². The van der Waals surface area contributed by atoms with Gasteiger partial charge in [0.2, 0.25) is 0 Å². The van der Waals surface area contributed by atoms with Crippen LogP contribution in [0.15, 0.2) is 72.8 Å². The molecule has 25 heavy (non-hydrogen) atoms. The number of carbonyl (C=O) groups excluding carboxylic acids is 1. The highest BCUT2D eigenvalue weighted by atomic mass is 16.5. The summed E-state index contributed by atoms with van der Waals surface area (Å²) >= 11 is 0. The Morgan fingerprint density at radius 1 is 0.880 bits per heavy atom. The number of hydrogen-bond donors (Lipinski definition) is 2.